The molecule has 2 aliphatic heterocycles. The van der Waals surface area contributed by atoms with Crippen molar-refractivity contribution in [3.8, 4) is 23.0 Å². The van der Waals surface area contributed by atoms with Crippen LogP contribution in [0.4, 0.5) is 4.79 Å². The number of hydrogen-bond donors (Lipinski definition) is 0. The molecule has 0 aromatic heterocycles. The molecule has 228 valence electrons. The van der Waals surface area contributed by atoms with E-state index < -0.39 is 5.60 Å². The number of carbonyl (C=O) groups excluding carboxylic acids is 3. The van der Waals surface area contributed by atoms with Crippen molar-refractivity contribution in [3.05, 3.63) is 70.6 Å². The lowest BCUT2D eigenvalue weighted by atomic mass is 9.99. The van der Waals surface area contributed by atoms with Gasteiger partial charge in [0, 0.05) is 44.1 Å². The lowest BCUT2D eigenvalue weighted by Crippen LogP contribution is -2.51. The van der Waals surface area contributed by atoms with Gasteiger partial charge < -0.3 is 19.3 Å². The first-order chi connectivity index (χ1) is 20.6. The number of amides is 2. The first kappa shape index (κ1) is 32.2. The van der Waals surface area contributed by atoms with Crippen molar-refractivity contribution in [1.82, 2.24) is 9.80 Å². The first-order valence-electron chi connectivity index (χ1n) is 15.0. The zero-order chi connectivity index (χ0) is 31.0. The van der Waals surface area contributed by atoms with Crippen molar-refractivity contribution in [3.63, 3.8) is 0 Å². The predicted molar refractivity (Wildman–Crippen MR) is 171 cm³/mol. The van der Waals surface area contributed by atoms with Gasteiger partial charge >= 0.3 is 12.1 Å². The quantitative estimate of drug-likeness (QED) is 0.250. The molecule has 0 bridgehead atoms. The lowest BCUT2D eigenvalue weighted by Gasteiger charge is -2.39. The van der Waals surface area contributed by atoms with Gasteiger partial charge in [0.15, 0.2) is 0 Å². The van der Waals surface area contributed by atoms with Crippen LogP contribution in [0.15, 0.2) is 59.5 Å². The van der Waals surface area contributed by atoms with Crippen LogP contribution in [-0.4, -0.2) is 64.9 Å². The minimum absolute atomic E-state index is 0.0209. The van der Waals surface area contributed by atoms with Crippen LogP contribution in [0.25, 0.3) is 11.1 Å². The number of nitrogens with zero attached hydrogens (tertiary/aromatic N) is 2. The highest BCUT2D eigenvalue weighted by Crippen LogP contribution is 2.33. The Morgan fingerprint density at radius 2 is 1.63 bits per heavy atom. The van der Waals surface area contributed by atoms with Crippen molar-refractivity contribution in [1.29, 1.82) is 0 Å². The van der Waals surface area contributed by atoms with Gasteiger partial charge in [-0.25, -0.2) is 9.59 Å². The molecule has 0 N–H and O–H groups in total. The maximum absolute atomic E-state index is 14.0. The van der Waals surface area contributed by atoms with Crippen LogP contribution >= 0.6 is 11.8 Å². The number of unbranched alkanes of at least 4 members (excludes halogenated alkanes) is 1. The second-order valence-electron chi connectivity index (χ2n) is 12.0. The molecule has 2 aromatic carbocycles. The van der Waals surface area contributed by atoms with Crippen LogP contribution in [0.2, 0.25) is 0 Å². The fraction of sp³-hybridized carbons (Fsp3) is 0.457. The third-order valence-electron chi connectivity index (χ3n) is 7.47. The number of thioether (sulfide) groups is 1. The summed E-state index contributed by atoms with van der Waals surface area (Å²) in [5.41, 5.74) is 4.04. The number of ether oxygens (including phenoxy) is 2. The van der Waals surface area contributed by atoms with Crippen molar-refractivity contribution in [2.24, 2.45) is 0 Å². The Morgan fingerprint density at radius 3 is 2.21 bits per heavy atom. The fourth-order valence-corrected chi connectivity index (χ4v) is 6.17. The summed E-state index contributed by atoms with van der Waals surface area (Å²) in [6.07, 6.45) is 3.61. The molecular formula is C35H42N2O5S. The van der Waals surface area contributed by atoms with E-state index in [1.54, 1.807) is 28.8 Å². The molecule has 7 nitrogen and oxygen atoms in total. The molecule has 1 unspecified atom stereocenters. The summed E-state index contributed by atoms with van der Waals surface area (Å²) >= 11 is 1.56. The summed E-state index contributed by atoms with van der Waals surface area (Å²) < 4.78 is 10.4. The Hall–Kier alpha value is -3.70. The Labute approximate surface area is 260 Å². The second kappa shape index (κ2) is 14.7. The van der Waals surface area contributed by atoms with Crippen molar-refractivity contribution in [2.45, 2.75) is 83.2 Å². The average Bonchev–Trinajstić information content (AvgIpc) is 3.48. The molecular weight excluding hydrogens is 560 g/mol. The van der Waals surface area contributed by atoms with Gasteiger partial charge in [0.05, 0.1) is 17.9 Å². The number of likely N-dealkylation sites (tertiary alicyclic amines) is 1. The molecule has 4 rings (SSSR count). The van der Waals surface area contributed by atoms with E-state index in [1.807, 2.05) is 55.3 Å². The molecule has 43 heavy (non-hydrogen) atoms. The number of rotatable bonds is 7. The number of piperidine rings is 1. The fourth-order valence-electron chi connectivity index (χ4n) is 5.16. The molecule has 0 radical (unpaired) electrons. The van der Waals surface area contributed by atoms with E-state index in [4.69, 9.17) is 9.47 Å². The highest BCUT2D eigenvalue weighted by Gasteiger charge is 2.35. The molecule has 2 aromatic rings. The van der Waals surface area contributed by atoms with E-state index in [0.29, 0.717) is 44.5 Å². The van der Waals surface area contributed by atoms with E-state index in [9.17, 15) is 14.4 Å². The minimum Gasteiger partial charge on any atom is -0.465 e. The monoisotopic (exact) mass is 602 g/mol. The van der Waals surface area contributed by atoms with Gasteiger partial charge in [-0.2, -0.15) is 0 Å². The lowest BCUT2D eigenvalue weighted by molar-refractivity contribution is -0.134. The van der Waals surface area contributed by atoms with E-state index in [0.717, 1.165) is 35.1 Å². The van der Waals surface area contributed by atoms with E-state index in [-0.39, 0.29) is 29.3 Å². The summed E-state index contributed by atoms with van der Waals surface area (Å²) in [5.74, 6) is 6.20. The normalized spacial score (nSPS) is 17.0. The van der Waals surface area contributed by atoms with Gasteiger partial charge in [0.1, 0.15) is 5.60 Å². The molecule has 2 aliphatic rings. The van der Waals surface area contributed by atoms with Crippen LogP contribution in [0.1, 0.15) is 75.7 Å². The van der Waals surface area contributed by atoms with Crippen molar-refractivity contribution >= 4 is 29.7 Å². The topological polar surface area (TPSA) is 76.2 Å². The largest absolute Gasteiger partial charge is 0.465 e. The number of hydrogen-bond acceptors (Lipinski definition) is 6. The maximum Gasteiger partial charge on any atom is 0.410 e. The van der Waals surface area contributed by atoms with Crippen LogP contribution in [-0.2, 0) is 20.8 Å². The summed E-state index contributed by atoms with van der Waals surface area (Å²) in [6, 6.07) is 15.5. The van der Waals surface area contributed by atoms with Crippen LogP contribution in [0.5, 0.6) is 0 Å². The Morgan fingerprint density at radius 1 is 1.00 bits per heavy atom. The average molecular weight is 603 g/mol. The van der Waals surface area contributed by atoms with Gasteiger partial charge in [-0.3, -0.25) is 4.79 Å². The summed E-state index contributed by atoms with van der Waals surface area (Å²) in [6.45, 7) is 9.31. The predicted octanol–water partition coefficient (Wildman–Crippen LogP) is 7.06. The molecule has 1 saturated heterocycles. The van der Waals surface area contributed by atoms with Gasteiger partial charge in [-0.05, 0) is 74.3 Å². The highest BCUT2D eigenvalue weighted by molar-refractivity contribution is 8.03. The number of benzene rings is 2. The molecule has 2 heterocycles. The SMILES string of the molecule is CCCC#CC1=CSC(C(=O)N(Cc2ccc(-c3ccc(C(=O)OC)cc3)cc2)C2CCN(C(=O)OC(C)(C)C)CC2)C1. The number of methoxy groups -OCH3 is 1. The number of allylic oxidation sites excluding steroid dienone is 1. The number of carbonyl (C=O) groups is 3. The molecule has 2 amide bonds. The minimum atomic E-state index is -0.546. The zero-order valence-corrected chi connectivity index (χ0v) is 26.7. The van der Waals surface area contributed by atoms with Crippen LogP contribution in [0.3, 0.4) is 0 Å². The summed E-state index contributed by atoms with van der Waals surface area (Å²) in [5, 5.41) is 1.84. The molecule has 0 aliphatic carbocycles. The van der Waals surface area contributed by atoms with Crippen LogP contribution in [0, 0.1) is 11.8 Å². The highest BCUT2D eigenvalue weighted by atomic mass is 32.2. The summed E-state index contributed by atoms with van der Waals surface area (Å²) in [4.78, 5) is 42.2. The standard InChI is InChI=1S/C35H42N2O5S/c1-6-7-8-9-26-22-31(43-24-26)32(38)37(30-18-20-36(21-19-30)34(40)42-35(2,3)4)23-25-10-12-27(13-11-25)28-14-16-29(17-15-28)33(39)41-5/h10-17,24,30-31H,6-7,18-23H2,1-5H3. The molecule has 8 heteroatoms. The molecule has 0 spiro atoms. The Kier molecular flexibility index (Phi) is 11.0. The second-order valence-corrected chi connectivity index (χ2v) is 13.0. The van der Waals surface area contributed by atoms with E-state index >= 15 is 0 Å². The molecule has 0 saturated carbocycles. The number of esters is 1. The van der Waals surface area contributed by atoms with Crippen LogP contribution < -0.4 is 0 Å². The Bertz CT molecular complexity index is 1370. The van der Waals surface area contributed by atoms with Crippen molar-refractivity contribution in [2.75, 3.05) is 20.2 Å². The zero-order valence-electron chi connectivity index (χ0n) is 25.9. The van der Waals surface area contributed by atoms with E-state index in [1.165, 1.54) is 7.11 Å². The smallest absolute Gasteiger partial charge is 0.410 e. The van der Waals surface area contributed by atoms with Gasteiger partial charge in [0.2, 0.25) is 5.91 Å². The third-order valence-corrected chi connectivity index (χ3v) is 8.58. The van der Waals surface area contributed by atoms with Gasteiger partial charge in [-0.1, -0.05) is 55.2 Å². The first-order valence-corrected chi connectivity index (χ1v) is 15.9. The molecule has 1 fully saturated rings. The Balaban J connectivity index is 1.48. The third kappa shape index (κ3) is 8.90. The van der Waals surface area contributed by atoms with E-state index in [2.05, 4.69) is 30.9 Å². The van der Waals surface area contributed by atoms with Gasteiger partial charge in [-0.15, -0.1) is 11.8 Å². The summed E-state index contributed by atoms with van der Waals surface area (Å²) in [7, 11) is 1.37. The maximum atomic E-state index is 14.0. The van der Waals surface area contributed by atoms with Gasteiger partial charge in [0.25, 0.3) is 0 Å². The molecule has 1 atom stereocenters. The van der Waals surface area contributed by atoms with Crippen molar-refractivity contribution < 1.29 is 23.9 Å².